The fraction of sp³-hybridized carbons (Fsp3) is 0.945. The molecule has 4 heterocycles. The monoisotopic (exact) mass is 1150 g/mol. The Morgan fingerprint density at radius 3 is 1.77 bits per heavy atom. The summed E-state index contributed by atoms with van der Waals surface area (Å²) in [5, 5.41) is 166. The molecule has 4 saturated heterocycles. The molecule has 0 aromatic heterocycles. The van der Waals surface area contributed by atoms with Crippen LogP contribution in [0.3, 0.4) is 0 Å². The van der Waals surface area contributed by atoms with E-state index in [2.05, 4.69) is 40.7 Å². The van der Waals surface area contributed by atoms with E-state index >= 15 is 0 Å². The molecule has 8 fully saturated rings. The molecule has 80 heavy (non-hydrogen) atoms. The number of rotatable bonds is 13. The Morgan fingerprint density at radius 1 is 0.613 bits per heavy atom. The van der Waals surface area contributed by atoms with Crippen LogP contribution < -0.4 is 0 Å². The maximum Gasteiger partial charge on any atom is 0.302 e. The number of fused-ring (bicyclic) bond motifs is 7. The molecule has 0 amide bonds. The summed E-state index contributed by atoms with van der Waals surface area (Å²) in [4.78, 5) is 12.3. The minimum atomic E-state index is -1.99. The first-order chi connectivity index (χ1) is 37.4. The summed E-state index contributed by atoms with van der Waals surface area (Å²) in [5.41, 5.74) is -3.05. The van der Waals surface area contributed by atoms with E-state index < -0.39 is 207 Å². The van der Waals surface area contributed by atoms with Gasteiger partial charge in [0, 0.05) is 6.92 Å². The van der Waals surface area contributed by atoms with Crippen molar-refractivity contribution >= 4 is 5.97 Å². The second-order valence-electron chi connectivity index (χ2n) is 26.7. The van der Waals surface area contributed by atoms with Crippen LogP contribution in [-0.2, 0) is 47.4 Å². The minimum Gasteiger partial charge on any atom is -0.465 e. The molecule has 0 aromatic rings. The van der Waals surface area contributed by atoms with E-state index in [0.717, 1.165) is 5.57 Å². The first kappa shape index (κ1) is 62.8. The molecule has 4 aliphatic heterocycles. The van der Waals surface area contributed by atoms with E-state index in [9.17, 15) is 81.4 Å². The third-order valence-electron chi connectivity index (χ3n) is 21.7. The Kier molecular flexibility index (Phi) is 17.9. The van der Waals surface area contributed by atoms with Crippen LogP contribution in [0, 0.1) is 50.2 Å². The first-order valence-electron chi connectivity index (χ1n) is 28.4. The van der Waals surface area contributed by atoms with E-state index in [4.69, 9.17) is 42.6 Å². The van der Waals surface area contributed by atoms with Gasteiger partial charge in [-0.05, 0) is 89.8 Å². The lowest BCUT2D eigenvalue weighted by Gasteiger charge is -2.72. The molecule has 0 unspecified atom stereocenters. The Labute approximate surface area is 465 Å². The zero-order valence-corrected chi connectivity index (χ0v) is 46.9. The van der Waals surface area contributed by atoms with Crippen LogP contribution in [0.15, 0.2) is 11.6 Å². The van der Waals surface area contributed by atoms with Crippen molar-refractivity contribution in [2.24, 2.45) is 50.2 Å². The van der Waals surface area contributed by atoms with Gasteiger partial charge in [0.1, 0.15) is 98.2 Å². The van der Waals surface area contributed by atoms with Crippen LogP contribution in [0.5, 0.6) is 0 Å². The van der Waals surface area contributed by atoms with Crippen molar-refractivity contribution in [3.63, 3.8) is 0 Å². The molecule has 0 spiro atoms. The lowest BCUT2D eigenvalue weighted by atomic mass is 9.33. The van der Waals surface area contributed by atoms with Gasteiger partial charge in [0.15, 0.2) is 25.2 Å². The van der Waals surface area contributed by atoms with Crippen LogP contribution in [0.4, 0.5) is 0 Å². The highest BCUT2D eigenvalue weighted by atomic mass is 16.8. The Balaban J connectivity index is 1.04. The highest BCUT2D eigenvalue weighted by Gasteiger charge is 2.73. The molecule has 0 bridgehead atoms. The minimum absolute atomic E-state index is 0.0426. The van der Waals surface area contributed by atoms with Gasteiger partial charge in [-0.1, -0.05) is 60.1 Å². The molecule has 25 nitrogen and oxygen atoms in total. The van der Waals surface area contributed by atoms with Gasteiger partial charge in [0.05, 0.1) is 56.3 Å². The summed E-state index contributed by atoms with van der Waals surface area (Å²) in [6, 6.07) is 0. The lowest BCUT2D eigenvalue weighted by molar-refractivity contribution is -0.398. The van der Waals surface area contributed by atoms with Crippen LogP contribution in [-0.4, -0.2) is 257 Å². The van der Waals surface area contributed by atoms with Gasteiger partial charge >= 0.3 is 5.97 Å². The van der Waals surface area contributed by atoms with Crippen molar-refractivity contribution in [1.82, 2.24) is 0 Å². The highest BCUT2D eigenvalue weighted by molar-refractivity contribution is 5.66. The van der Waals surface area contributed by atoms with Crippen molar-refractivity contribution in [3.8, 4) is 0 Å². The van der Waals surface area contributed by atoms with Crippen LogP contribution in [0.25, 0.3) is 0 Å². The van der Waals surface area contributed by atoms with Gasteiger partial charge in [-0.15, -0.1) is 0 Å². The summed E-state index contributed by atoms with van der Waals surface area (Å²) in [6.45, 7) is 13.1. The Hall–Kier alpha value is -1.71. The van der Waals surface area contributed by atoms with E-state index in [1.165, 1.54) is 6.92 Å². The summed E-state index contributed by atoms with van der Waals surface area (Å²) < 4.78 is 54.7. The summed E-state index contributed by atoms with van der Waals surface area (Å²) in [5.74, 6) is -0.969. The molecule has 0 aromatic carbocycles. The Morgan fingerprint density at radius 2 is 1.19 bits per heavy atom. The number of carbonyl (C=O) groups is 1. The predicted octanol–water partition coefficient (Wildman–Crippen LogP) is -3.44. The average Bonchev–Trinajstić information content (AvgIpc) is 3.59. The molecule has 5 aliphatic carbocycles. The molecule has 15 N–H and O–H groups in total. The summed E-state index contributed by atoms with van der Waals surface area (Å²) in [6.07, 6.45) is -31.6. The van der Waals surface area contributed by atoms with Crippen molar-refractivity contribution < 1.29 is 124 Å². The molecule has 460 valence electrons. The third kappa shape index (κ3) is 10.2. The van der Waals surface area contributed by atoms with E-state index in [-0.39, 0.29) is 30.3 Å². The number of aliphatic hydroxyl groups excluding tert-OH is 15. The van der Waals surface area contributed by atoms with Gasteiger partial charge < -0.3 is 119 Å². The molecule has 25 heteroatoms. The molecule has 0 radical (unpaired) electrons. The number of allylic oxidation sites excluding steroid dienone is 2. The largest absolute Gasteiger partial charge is 0.465 e. The lowest BCUT2D eigenvalue weighted by Crippen LogP contribution is -2.72. The number of esters is 1. The second-order valence-corrected chi connectivity index (χ2v) is 26.7. The smallest absolute Gasteiger partial charge is 0.302 e. The fourth-order valence-corrected chi connectivity index (χ4v) is 16.7. The van der Waals surface area contributed by atoms with Crippen molar-refractivity contribution in [1.29, 1.82) is 0 Å². The summed E-state index contributed by atoms with van der Waals surface area (Å²) >= 11 is 0. The number of aliphatic hydroxyl groups is 15. The second kappa shape index (κ2) is 22.9. The molecular weight excluding hydrogens is 1060 g/mol. The average molecular weight is 1150 g/mol. The van der Waals surface area contributed by atoms with Gasteiger partial charge in [-0.3, -0.25) is 4.79 Å². The first-order valence-corrected chi connectivity index (χ1v) is 28.4. The van der Waals surface area contributed by atoms with Crippen LogP contribution >= 0.6 is 0 Å². The quantitative estimate of drug-likeness (QED) is 0.0485. The number of hydrogen-bond donors (Lipinski definition) is 15. The zero-order chi connectivity index (χ0) is 58.7. The van der Waals surface area contributed by atoms with Crippen molar-refractivity contribution in [2.45, 2.75) is 241 Å². The number of hydrogen-bond acceptors (Lipinski definition) is 25. The molecule has 4 saturated carbocycles. The maximum absolute atomic E-state index is 12.6. The topological polar surface area (TPSA) is 404 Å². The fourth-order valence-electron chi connectivity index (χ4n) is 16.7. The maximum atomic E-state index is 12.6. The summed E-state index contributed by atoms with van der Waals surface area (Å²) in [7, 11) is 0. The normalized spacial score (nSPS) is 53.8. The molecule has 9 rings (SSSR count). The zero-order valence-electron chi connectivity index (χ0n) is 46.9. The van der Waals surface area contributed by atoms with Crippen LogP contribution in [0.2, 0.25) is 0 Å². The van der Waals surface area contributed by atoms with Crippen molar-refractivity contribution in [3.05, 3.63) is 11.6 Å². The number of carbonyl (C=O) groups excluding carboxylic acids is 1. The standard InChI is InChI=1S/C55H90O25/c1-22(58)74-21-55-24(15-50(2,3)44(70)45(55)71)23-9-10-30-52(6)13-12-32(51(4,5)29(52)11-14-53(30,7)54(23,8)16-31(55)60)78-49-43(80-48-40(68)37(65)35(63)27(18-57)76-48)41(69)42(79-47-39(67)36(64)34(62)26(17-56)75-47)28(77-49)20-73-46-38(66)33(61)25(59)19-72-46/h9,24-49,56-57,59-71H,10-21H2,1-8H3/t24-,25-,26+,27+,28+,29-,30+,31+,32-,33-,34+,35+,36-,37-,38-,39+,40+,41-,42+,43+,44-,45-,46-,47-,48-,49-,52-,53+,54+,55-/m0/s1. The van der Waals surface area contributed by atoms with E-state index in [1.807, 2.05) is 13.8 Å². The predicted molar refractivity (Wildman–Crippen MR) is 270 cm³/mol. The van der Waals surface area contributed by atoms with Gasteiger partial charge in [-0.2, -0.15) is 0 Å². The van der Waals surface area contributed by atoms with Gasteiger partial charge in [0.25, 0.3) is 0 Å². The number of ether oxygens (including phenoxy) is 9. The molecule has 9 aliphatic rings. The highest BCUT2D eigenvalue weighted by Crippen LogP contribution is 2.76. The Bertz CT molecular complexity index is 2200. The SMILES string of the molecule is CC(=O)OC[C@@]12[C@H](O)C[C@]3(C)C(=CC[C@@H]4[C@@]5(C)CC[C@H](O[C@@H]6O[C@H](CO[C@@H]7OC[C@H](O)[C@H](O)[C@@H]7O)[C@@H](O[C@@H]7O[C@H](CO)[C@@H](O)[C@H](O)[C@H]7O)[C@H](O)[C@H]6O[C@@H]6O[C@H](CO)[C@@H](O)[C@H](O)[C@H]6O)C(C)(C)[C@@H]5CC[C@]43C)[C@@H]1CC(C)(C)[C@@H](O)[C@@H]2O. The third-order valence-corrected chi connectivity index (χ3v) is 21.7. The van der Waals surface area contributed by atoms with Gasteiger partial charge in [-0.25, -0.2) is 0 Å². The van der Waals surface area contributed by atoms with Crippen molar-refractivity contribution in [2.75, 3.05) is 33.0 Å². The van der Waals surface area contributed by atoms with Gasteiger partial charge in [0.2, 0.25) is 0 Å². The van der Waals surface area contributed by atoms with E-state index in [0.29, 0.717) is 38.5 Å². The molecular formula is C55H90O25. The van der Waals surface area contributed by atoms with Crippen LogP contribution in [0.1, 0.15) is 100 Å². The molecule has 30 atom stereocenters. The van der Waals surface area contributed by atoms with E-state index in [1.54, 1.807) is 0 Å².